The summed E-state index contributed by atoms with van der Waals surface area (Å²) in [5.74, 6) is -0.809. The number of nitrogens with zero attached hydrogens (tertiary/aromatic N) is 1. The third-order valence-electron chi connectivity index (χ3n) is 3.30. The van der Waals surface area contributed by atoms with E-state index in [-0.39, 0.29) is 11.4 Å². The van der Waals surface area contributed by atoms with Crippen molar-refractivity contribution in [1.82, 2.24) is 4.31 Å². The third-order valence-corrected chi connectivity index (χ3v) is 5.78. The van der Waals surface area contributed by atoms with Crippen molar-refractivity contribution in [3.8, 4) is 0 Å². The Morgan fingerprint density at radius 2 is 1.68 bits per heavy atom. The minimum atomic E-state index is -3.98. The lowest BCUT2D eigenvalue weighted by atomic mass is 10.1. The maximum atomic E-state index is 12.9. The molecule has 0 bridgehead atoms. The van der Waals surface area contributed by atoms with Gasteiger partial charge in [-0.2, -0.15) is 0 Å². The summed E-state index contributed by atoms with van der Waals surface area (Å²) in [5, 5.41) is 0. The second-order valence-electron chi connectivity index (χ2n) is 5.30. The van der Waals surface area contributed by atoms with E-state index in [4.69, 9.17) is 23.2 Å². The number of amides is 1. The lowest BCUT2D eigenvalue weighted by Gasteiger charge is -2.25. The van der Waals surface area contributed by atoms with Gasteiger partial charge >= 0.3 is 0 Å². The van der Waals surface area contributed by atoms with E-state index in [9.17, 15) is 13.2 Å². The maximum Gasteiger partial charge on any atom is 0.269 e. The predicted molar refractivity (Wildman–Crippen MR) is 90.0 cm³/mol. The molecule has 0 saturated heterocycles. The highest BCUT2D eigenvalue weighted by Gasteiger charge is 2.34. The predicted octanol–water partition coefficient (Wildman–Crippen LogP) is 3.73. The number of benzene rings is 1. The van der Waals surface area contributed by atoms with Gasteiger partial charge in [0.25, 0.3) is 15.9 Å². The number of aryl methyl sites for hydroxylation is 3. The van der Waals surface area contributed by atoms with Gasteiger partial charge in [-0.1, -0.05) is 54.2 Å². The van der Waals surface area contributed by atoms with E-state index < -0.39 is 20.8 Å². The SMILES string of the molecule is CCCCN(C(=O)C(Cl)Cl)S(=O)(=O)c1c(C)cc(C)cc1C. The minimum absolute atomic E-state index is 0.0698. The fourth-order valence-electron chi connectivity index (χ4n) is 2.44. The first-order chi connectivity index (χ1) is 10.1. The zero-order valence-corrected chi connectivity index (χ0v) is 15.5. The lowest BCUT2D eigenvalue weighted by molar-refractivity contribution is -0.124. The number of hydrogen-bond donors (Lipinski definition) is 0. The Morgan fingerprint density at radius 3 is 2.09 bits per heavy atom. The molecular weight excluding hydrogens is 345 g/mol. The van der Waals surface area contributed by atoms with Gasteiger partial charge in [0.15, 0.2) is 4.84 Å². The average molecular weight is 366 g/mol. The summed E-state index contributed by atoms with van der Waals surface area (Å²) in [6.45, 7) is 7.31. The Balaban J connectivity index is 3.43. The molecule has 0 atom stereocenters. The van der Waals surface area contributed by atoms with Crippen LogP contribution in [0.1, 0.15) is 36.5 Å². The van der Waals surface area contributed by atoms with Crippen LogP contribution in [0.3, 0.4) is 0 Å². The number of rotatable bonds is 6. The summed E-state index contributed by atoms with van der Waals surface area (Å²) in [7, 11) is -3.98. The quantitative estimate of drug-likeness (QED) is 0.721. The molecule has 0 aliphatic rings. The number of hydrogen-bond acceptors (Lipinski definition) is 3. The van der Waals surface area contributed by atoms with Crippen molar-refractivity contribution in [2.75, 3.05) is 6.54 Å². The van der Waals surface area contributed by atoms with Crippen LogP contribution in [0.5, 0.6) is 0 Å². The Bertz CT molecular complexity index is 634. The zero-order valence-electron chi connectivity index (χ0n) is 13.2. The monoisotopic (exact) mass is 365 g/mol. The second kappa shape index (κ2) is 7.66. The van der Waals surface area contributed by atoms with Gasteiger partial charge in [-0.15, -0.1) is 0 Å². The molecule has 0 aliphatic heterocycles. The largest absolute Gasteiger partial charge is 0.271 e. The molecule has 0 saturated carbocycles. The van der Waals surface area contributed by atoms with Crippen molar-refractivity contribution in [2.24, 2.45) is 0 Å². The van der Waals surface area contributed by atoms with Crippen molar-refractivity contribution < 1.29 is 13.2 Å². The fourth-order valence-corrected chi connectivity index (χ4v) is 4.66. The van der Waals surface area contributed by atoms with Crippen LogP contribution < -0.4 is 0 Å². The third kappa shape index (κ3) is 4.15. The van der Waals surface area contributed by atoms with E-state index in [1.165, 1.54) is 0 Å². The number of unbranched alkanes of at least 4 members (excludes halogenated alkanes) is 1. The highest BCUT2D eigenvalue weighted by atomic mass is 35.5. The van der Waals surface area contributed by atoms with Crippen LogP contribution in [-0.4, -0.2) is 30.0 Å². The molecule has 0 radical (unpaired) electrons. The molecule has 1 amide bonds. The number of alkyl halides is 2. The number of carbonyl (C=O) groups excluding carboxylic acids is 1. The molecule has 1 rings (SSSR count). The van der Waals surface area contributed by atoms with E-state index in [2.05, 4.69) is 0 Å². The van der Waals surface area contributed by atoms with E-state index >= 15 is 0 Å². The molecule has 22 heavy (non-hydrogen) atoms. The maximum absolute atomic E-state index is 12.9. The van der Waals surface area contributed by atoms with Gasteiger partial charge in [-0.3, -0.25) is 4.79 Å². The Kier molecular flexibility index (Phi) is 6.71. The first kappa shape index (κ1) is 19.3. The minimum Gasteiger partial charge on any atom is -0.271 e. The second-order valence-corrected chi connectivity index (χ2v) is 8.19. The van der Waals surface area contributed by atoms with Crippen LogP contribution in [0.4, 0.5) is 0 Å². The Morgan fingerprint density at radius 1 is 1.18 bits per heavy atom. The molecule has 0 fully saturated rings. The van der Waals surface area contributed by atoms with Gasteiger partial charge in [0.1, 0.15) is 0 Å². The molecule has 1 aromatic carbocycles. The molecule has 0 spiro atoms. The fraction of sp³-hybridized carbons (Fsp3) is 0.533. The van der Waals surface area contributed by atoms with Gasteiger partial charge in [-0.05, 0) is 38.3 Å². The first-order valence-electron chi connectivity index (χ1n) is 7.05. The van der Waals surface area contributed by atoms with Crippen LogP contribution in [0.2, 0.25) is 0 Å². The van der Waals surface area contributed by atoms with E-state index in [0.717, 1.165) is 16.3 Å². The van der Waals surface area contributed by atoms with Gasteiger partial charge in [0.05, 0.1) is 4.90 Å². The van der Waals surface area contributed by atoms with Gasteiger partial charge in [0.2, 0.25) is 0 Å². The summed E-state index contributed by atoms with van der Waals surface area (Å²) in [5.41, 5.74) is 2.17. The molecule has 4 nitrogen and oxygen atoms in total. The molecular formula is C15H21Cl2NO3S. The highest BCUT2D eigenvalue weighted by Crippen LogP contribution is 2.27. The molecule has 0 aromatic heterocycles. The molecule has 0 aliphatic carbocycles. The topological polar surface area (TPSA) is 54.5 Å². The van der Waals surface area contributed by atoms with Crippen molar-refractivity contribution in [3.05, 3.63) is 28.8 Å². The normalized spacial score (nSPS) is 11.8. The summed E-state index contributed by atoms with van der Waals surface area (Å²) in [4.78, 5) is 10.9. The standard InChI is InChI=1S/C15H21Cl2NO3S/c1-5-6-7-18(15(19)14(16)17)22(20,21)13-11(3)8-10(2)9-12(13)4/h8-9,14H,5-7H2,1-4H3. The number of halogens is 2. The lowest BCUT2D eigenvalue weighted by Crippen LogP contribution is -2.41. The molecule has 7 heteroatoms. The number of sulfonamides is 1. The van der Waals surface area contributed by atoms with Crippen molar-refractivity contribution in [3.63, 3.8) is 0 Å². The number of carbonyl (C=O) groups is 1. The van der Waals surface area contributed by atoms with Crippen molar-refractivity contribution in [2.45, 2.75) is 50.3 Å². The van der Waals surface area contributed by atoms with Crippen LogP contribution in [0, 0.1) is 20.8 Å². The smallest absolute Gasteiger partial charge is 0.269 e. The average Bonchev–Trinajstić information content (AvgIpc) is 2.36. The summed E-state index contributed by atoms with van der Waals surface area (Å²) in [6.07, 6.45) is 1.30. The van der Waals surface area contributed by atoms with Crippen LogP contribution in [0.15, 0.2) is 17.0 Å². The van der Waals surface area contributed by atoms with Gasteiger partial charge in [0, 0.05) is 6.54 Å². The first-order valence-corrected chi connectivity index (χ1v) is 9.36. The molecule has 1 aromatic rings. The molecule has 124 valence electrons. The molecule has 0 N–H and O–H groups in total. The molecule has 0 unspecified atom stereocenters. The summed E-state index contributed by atoms with van der Waals surface area (Å²) < 4.78 is 26.6. The van der Waals surface area contributed by atoms with E-state index in [1.807, 2.05) is 13.8 Å². The van der Waals surface area contributed by atoms with Crippen LogP contribution in [-0.2, 0) is 14.8 Å². The van der Waals surface area contributed by atoms with E-state index in [1.54, 1.807) is 26.0 Å². The summed E-state index contributed by atoms with van der Waals surface area (Å²) in [6, 6.07) is 3.56. The highest BCUT2D eigenvalue weighted by molar-refractivity contribution is 7.89. The van der Waals surface area contributed by atoms with Gasteiger partial charge < -0.3 is 0 Å². The summed E-state index contributed by atoms with van der Waals surface area (Å²) >= 11 is 11.2. The Labute approximate surface area is 142 Å². The van der Waals surface area contributed by atoms with E-state index in [0.29, 0.717) is 17.5 Å². The van der Waals surface area contributed by atoms with Gasteiger partial charge in [-0.25, -0.2) is 12.7 Å². The van der Waals surface area contributed by atoms with Crippen molar-refractivity contribution >= 4 is 39.1 Å². The van der Waals surface area contributed by atoms with Crippen LogP contribution >= 0.6 is 23.2 Å². The molecule has 0 heterocycles. The zero-order chi connectivity index (χ0) is 17.1. The Hall–Kier alpha value is -0.780. The van der Waals surface area contributed by atoms with Crippen LogP contribution in [0.25, 0.3) is 0 Å². The van der Waals surface area contributed by atoms with Crippen molar-refractivity contribution in [1.29, 1.82) is 0 Å².